The van der Waals surface area contributed by atoms with Crippen LogP contribution in [0.2, 0.25) is 0 Å². The summed E-state index contributed by atoms with van der Waals surface area (Å²) < 4.78 is 5.33. The predicted octanol–water partition coefficient (Wildman–Crippen LogP) is 3.26. The fourth-order valence-corrected chi connectivity index (χ4v) is 3.22. The van der Waals surface area contributed by atoms with Crippen molar-refractivity contribution in [3.05, 3.63) is 65.9 Å². The second-order valence-electron chi connectivity index (χ2n) is 6.81. The van der Waals surface area contributed by atoms with Gasteiger partial charge >= 0.3 is 0 Å². The lowest BCUT2D eigenvalue weighted by Gasteiger charge is -2.15. The molecule has 1 heterocycles. The molecule has 0 aliphatic carbocycles. The van der Waals surface area contributed by atoms with Gasteiger partial charge in [0.05, 0.1) is 5.57 Å². The molecule has 0 unspecified atom stereocenters. The Hall–Kier alpha value is -3.45. The number of hydrogen-bond acceptors (Lipinski definition) is 5. The fraction of sp³-hybridized carbons (Fsp3) is 0.261. The molecule has 30 heavy (non-hydrogen) atoms. The van der Waals surface area contributed by atoms with E-state index in [2.05, 4.69) is 10.6 Å². The first-order valence-electron chi connectivity index (χ1n) is 9.89. The first-order chi connectivity index (χ1) is 14.5. The highest BCUT2D eigenvalue weighted by atomic mass is 16.5. The average Bonchev–Trinajstić information content (AvgIpc) is 2.97. The van der Waals surface area contributed by atoms with Gasteiger partial charge in [0.2, 0.25) is 5.91 Å². The van der Waals surface area contributed by atoms with Crippen molar-refractivity contribution in [3.63, 3.8) is 0 Å². The van der Waals surface area contributed by atoms with Crippen molar-refractivity contribution in [2.24, 2.45) is 0 Å². The SMILES string of the molecule is CCOCCCN1C(=O)C(Nc2ccc(NC(C)=O)cc2)=C(c2ccccc2)C1=O. The second kappa shape index (κ2) is 9.84. The number of ether oxygens (including phenoxy) is 1. The Kier molecular flexibility index (Phi) is 6.98. The molecule has 3 rings (SSSR count). The fourth-order valence-electron chi connectivity index (χ4n) is 3.22. The first kappa shape index (κ1) is 21.3. The van der Waals surface area contributed by atoms with Gasteiger partial charge in [0.15, 0.2) is 0 Å². The van der Waals surface area contributed by atoms with Crippen LogP contribution in [-0.4, -0.2) is 42.4 Å². The Bertz CT molecular complexity index is 952. The van der Waals surface area contributed by atoms with Crippen molar-refractivity contribution in [2.75, 3.05) is 30.4 Å². The summed E-state index contributed by atoms with van der Waals surface area (Å²) in [6, 6.07) is 16.1. The van der Waals surface area contributed by atoms with E-state index in [-0.39, 0.29) is 23.4 Å². The van der Waals surface area contributed by atoms with Crippen molar-refractivity contribution < 1.29 is 19.1 Å². The lowest BCUT2D eigenvalue weighted by Crippen LogP contribution is -2.34. The standard InChI is InChI=1S/C23H25N3O4/c1-3-30-15-7-14-26-22(28)20(17-8-5-4-6-9-17)21(23(26)29)25-19-12-10-18(11-13-19)24-16(2)27/h4-6,8-13,25H,3,7,14-15H2,1-2H3,(H,24,27). The third kappa shape index (κ3) is 4.93. The molecule has 7 heteroatoms. The summed E-state index contributed by atoms with van der Waals surface area (Å²) in [7, 11) is 0. The minimum atomic E-state index is -0.360. The quantitative estimate of drug-likeness (QED) is 0.492. The number of nitrogens with one attached hydrogen (secondary N) is 2. The molecule has 0 fully saturated rings. The summed E-state index contributed by atoms with van der Waals surface area (Å²) in [5.74, 6) is -0.842. The van der Waals surface area contributed by atoms with Gasteiger partial charge < -0.3 is 15.4 Å². The van der Waals surface area contributed by atoms with Gasteiger partial charge in [-0.05, 0) is 43.2 Å². The monoisotopic (exact) mass is 407 g/mol. The van der Waals surface area contributed by atoms with Gasteiger partial charge in [0.25, 0.3) is 11.8 Å². The van der Waals surface area contributed by atoms with Crippen LogP contribution >= 0.6 is 0 Å². The smallest absolute Gasteiger partial charge is 0.278 e. The molecular formula is C23H25N3O4. The molecule has 0 radical (unpaired) electrons. The molecule has 2 N–H and O–H groups in total. The molecule has 1 aliphatic heterocycles. The zero-order valence-corrected chi connectivity index (χ0v) is 17.1. The number of anilines is 2. The third-order valence-electron chi connectivity index (χ3n) is 4.58. The number of benzene rings is 2. The summed E-state index contributed by atoms with van der Waals surface area (Å²) in [4.78, 5) is 38.6. The number of hydrogen-bond donors (Lipinski definition) is 2. The summed E-state index contributed by atoms with van der Waals surface area (Å²) in [6.45, 7) is 4.71. The number of carbonyl (C=O) groups is 3. The van der Waals surface area contributed by atoms with Crippen molar-refractivity contribution in [1.82, 2.24) is 4.90 Å². The predicted molar refractivity (Wildman–Crippen MR) is 116 cm³/mol. The van der Waals surface area contributed by atoms with Crippen molar-refractivity contribution >= 4 is 34.7 Å². The van der Waals surface area contributed by atoms with Gasteiger partial charge in [-0.15, -0.1) is 0 Å². The molecule has 2 aromatic carbocycles. The molecule has 2 aromatic rings. The summed E-state index contributed by atoms with van der Waals surface area (Å²) in [5.41, 5.74) is 2.57. The van der Waals surface area contributed by atoms with Gasteiger partial charge in [-0.3, -0.25) is 19.3 Å². The molecule has 0 atom stereocenters. The van der Waals surface area contributed by atoms with Crippen LogP contribution in [0, 0.1) is 0 Å². The number of amides is 3. The zero-order chi connectivity index (χ0) is 21.5. The van der Waals surface area contributed by atoms with Crippen molar-refractivity contribution in [2.45, 2.75) is 20.3 Å². The Morgan fingerprint density at radius 2 is 1.63 bits per heavy atom. The van der Waals surface area contributed by atoms with Crippen molar-refractivity contribution in [1.29, 1.82) is 0 Å². The van der Waals surface area contributed by atoms with E-state index in [1.807, 2.05) is 37.3 Å². The lowest BCUT2D eigenvalue weighted by molar-refractivity contribution is -0.137. The maximum Gasteiger partial charge on any atom is 0.278 e. The molecule has 7 nitrogen and oxygen atoms in total. The Morgan fingerprint density at radius 3 is 2.27 bits per heavy atom. The topological polar surface area (TPSA) is 87.7 Å². The van der Waals surface area contributed by atoms with E-state index in [9.17, 15) is 14.4 Å². The van der Waals surface area contributed by atoms with Crippen LogP contribution < -0.4 is 10.6 Å². The van der Waals surface area contributed by atoms with E-state index in [0.717, 1.165) is 0 Å². The first-order valence-corrected chi connectivity index (χ1v) is 9.89. The minimum absolute atomic E-state index is 0.163. The van der Waals surface area contributed by atoms with Gasteiger partial charge in [-0.1, -0.05) is 30.3 Å². The summed E-state index contributed by atoms with van der Waals surface area (Å²) in [6.07, 6.45) is 0.575. The molecular weight excluding hydrogens is 382 g/mol. The number of imide groups is 1. The average molecular weight is 407 g/mol. The minimum Gasteiger partial charge on any atom is -0.382 e. The van der Waals surface area contributed by atoms with E-state index in [1.165, 1.54) is 11.8 Å². The van der Waals surface area contributed by atoms with Gasteiger partial charge in [0.1, 0.15) is 5.70 Å². The van der Waals surface area contributed by atoms with Gasteiger partial charge in [0, 0.05) is 38.1 Å². The maximum absolute atomic E-state index is 13.1. The lowest BCUT2D eigenvalue weighted by atomic mass is 10.0. The molecule has 156 valence electrons. The van der Waals surface area contributed by atoms with Crippen LogP contribution in [0.25, 0.3) is 5.57 Å². The normalized spacial score (nSPS) is 13.7. The van der Waals surface area contributed by atoms with Crippen LogP contribution in [0.4, 0.5) is 11.4 Å². The van der Waals surface area contributed by atoms with E-state index in [4.69, 9.17) is 4.74 Å². The molecule has 0 bridgehead atoms. The number of nitrogens with zero attached hydrogens (tertiary/aromatic N) is 1. The summed E-state index contributed by atoms with van der Waals surface area (Å²) >= 11 is 0. The van der Waals surface area contributed by atoms with Crippen LogP contribution in [0.15, 0.2) is 60.3 Å². The highest BCUT2D eigenvalue weighted by molar-refractivity contribution is 6.36. The molecule has 0 saturated heterocycles. The Morgan fingerprint density at radius 1 is 0.967 bits per heavy atom. The zero-order valence-electron chi connectivity index (χ0n) is 17.1. The van der Waals surface area contributed by atoms with E-state index in [0.29, 0.717) is 48.7 Å². The Balaban J connectivity index is 1.86. The Labute approximate surface area is 175 Å². The van der Waals surface area contributed by atoms with E-state index in [1.54, 1.807) is 24.3 Å². The molecule has 0 aromatic heterocycles. The molecule has 0 spiro atoms. The van der Waals surface area contributed by atoms with Crippen LogP contribution in [-0.2, 0) is 19.1 Å². The highest BCUT2D eigenvalue weighted by Gasteiger charge is 2.38. The second-order valence-corrected chi connectivity index (χ2v) is 6.81. The van der Waals surface area contributed by atoms with E-state index >= 15 is 0 Å². The van der Waals surface area contributed by atoms with Crippen LogP contribution in [0.3, 0.4) is 0 Å². The molecule has 0 saturated carbocycles. The number of carbonyl (C=O) groups excluding carboxylic acids is 3. The highest BCUT2D eigenvalue weighted by Crippen LogP contribution is 2.30. The van der Waals surface area contributed by atoms with Gasteiger partial charge in [-0.2, -0.15) is 0 Å². The number of rotatable bonds is 9. The summed E-state index contributed by atoms with van der Waals surface area (Å²) in [5, 5.41) is 5.80. The largest absolute Gasteiger partial charge is 0.382 e. The van der Waals surface area contributed by atoms with Crippen molar-refractivity contribution in [3.8, 4) is 0 Å². The van der Waals surface area contributed by atoms with Crippen LogP contribution in [0.1, 0.15) is 25.8 Å². The van der Waals surface area contributed by atoms with Gasteiger partial charge in [-0.25, -0.2) is 0 Å². The van der Waals surface area contributed by atoms with Crippen LogP contribution in [0.5, 0.6) is 0 Å². The molecule has 1 aliphatic rings. The third-order valence-corrected chi connectivity index (χ3v) is 4.58. The van der Waals surface area contributed by atoms with E-state index < -0.39 is 0 Å². The molecule has 3 amide bonds. The maximum atomic E-state index is 13.1.